The molecule has 3 rings (SSSR count). The minimum atomic E-state index is 0.894. The fraction of sp³-hybridized carbons (Fsp3) is 1.00. The highest BCUT2D eigenvalue weighted by atomic mass is 15.1. The van der Waals surface area contributed by atoms with Crippen molar-refractivity contribution in [1.82, 2.24) is 4.90 Å². The molecule has 3 fully saturated rings. The van der Waals surface area contributed by atoms with Crippen LogP contribution in [0.2, 0.25) is 0 Å². The van der Waals surface area contributed by atoms with Gasteiger partial charge in [0.1, 0.15) is 0 Å². The van der Waals surface area contributed by atoms with Crippen LogP contribution >= 0.6 is 0 Å². The van der Waals surface area contributed by atoms with Crippen molar-refractivity contribution in [3.05, 3.63) is 0 Å². The summed E-state index contributed by atoms with van der Waals surface area (Å²) >= 11 is 0. The monoisotopic (exact) mass is 277 g/mol. The molecule has 0 N–H and O–H groups in total. The summed E-state index contributed by atoms with van der Waals surface area (Å²) in [4.78, 5) is 2.83. The Balaban J connectivity index is 1.46. The van der Waals surface area contributed by atoms with E-state index in [0.29, 0.717) is 0 Å². The minimum Gasteiger partial charge on any atom is -0.303 e. The molecule has 1 aliphatic heterocycles. The molecule has 1 heteroatoms. The van der Waals surface area contributed by atoms with E-state index < -0.39 is 0 Å². The first-order valence-corrected chi connectivity index (χ1v) is 9.48. The van der Waals surface area contributed by atoms with Crippen LogP contribution in [0.4, 0.5) is 0 Å². The molecule has 0 bridgehead atoms. The van der Waals surface area contributed by atoms with Gasteiger partial charge in [-0.05, 0) is 74.8 Å². The van der Waals surface area contributed by atoms with Gasteiger partial charge in [-0.15, -0.1) is 0 Å². The summed E-state index contributed by atoms with van der Waals surface area (Å²) in [6, 6.07) is 0. The van der Waals surface area contributed by atoms with E-state index in [9.17, 15) is 0 Å². The Kier molecular flexibility index (Phi) is 5.07. The minimum absolute atomic E-state index is 0.894. The highest BCUT2D eigenvalue weighted by molar-refractivity contribution is 4.98. The van der Waals surface area contributed by atoms with Crippen molar-refractivity contribution in [2.45, 2.75) is 71.6 Å². The Hall–Kier alpha value is -0.0400. The molecule has 1 saturated heterocycles. The van der Waals surface area contributed by atoms with E-state index in [1.54, 1.807) is 12.8 Å². The summed E-state index contributed by atoms with van der Waals surface area (Å²) in [6.07, 6.45) is 13.6. The molecule has 116 valence electrons. The van der Waals surface area contributed by atoms with Crippen molar-refractivity contribution in [3.63, 3.8) is 0 Å². The molecule has 0 amide bonds. The van der Waals surface area contributed by atoms with Crippen LogP contribution in [0, 0.1) is 29.6 Å². The Labute approximate surface area is 126 Å². The first-order chi connectivity index (χ1) is 9.75. The number of hydrogen-bond donors (Lipinski definition) is 0. The van der Waals surface area contributed by atoms with Gasteiger partial charge in [0.2, 0.25) is 0 Å². The fourth-order valence-electron chi connectivity index (χ4n) is 5.09. The summed E-state index contributed by atoms with van der Waals surface area (Å²) in [5.41, 5.74) is 0. The van der Waals surface area contributed by atoms with Crippen LogP contribution in [-0.2, 0) is 0 Å². The van der Waals surface area contributed by atoms with Gasteiger partial charge in [0.15, 0.2) is 0 Å². The van der Waals surface area contributed by atoms with Gasteiger partial charge in [0.05, 0.1) is 0 Å². The maximum Gasteiger partial charge on any atom is 0.00152 e. The summed E-state index contributed by atoms with van der Waals surface area (Å²) in [5, 5.41) is 0. The van der Waals surface area contributed by atoms with Crippen molar-refractivity contribution in [1.29, 1.82) is 0 Å². The normalized spacial score (nSPS) is 39.8. The van der Waals surface area contributed by atoms with Gasteiger partial charge in [0.25, 0.3) is 0 Å². The largest absolute Gasteiger partial charge is 0.303 e. The summed E-state index contributed by atoms with van der Waals surface area (Å²) in [5.74, 6) is 5.22. The molecule has 0 aromatic rings. The highest BCUT2D eigenvalue weighted by Crippen LogP contribution is 2.53. The van der Waals surface area contributed by atoms with Crippen molar-refractivity contribution in [2.24, 2.45) is 29.6 Å². The van der Waals surface area contributed by atoms with Crippen molar-refractivity contribution in [3.8, 4) is 0 Å². The smallest absolute Gasteiger partial charge is 0.00152 e. The molecule has 1 heterocycles. The topological polar surface area (TPSA) is 3.24 Å². The second-order valence-electron chi connectivity index (χ2n) is 8.22. The Morgan fingerprint density at radius 1 is 0.800 bits per heavy atom. The number of hydrogen-bond acceptors (Lipinski definition) is 1. The van der Waals surface area contributed by atoms with E-state index in [0.717, 1.165) is 29.6 Å². The average Bonchev–Trinajstić information content (AvgIpc) is 3.08. The van der Waals surface area contributed by atoms with Crippen LogP contribution in [0.25, 0.3) is 0 Å². The third-order valence-corrected chi connectivity index (χ3v) is 6.61. The van der Waals surface area contributed by atoms with E-state index in [1.807, 2.05) is 0 Å². The second kappa shape index (κ2) is 6.81. The maximum absolute atomic E-state index is 2.83. The molecular formula is C19H35N. The van der Waals surface area contributed by atoms with Gasteiger partial charge < -0.3 is 4.90 Å². The van der Waals surface area contributed by atoms with Crippen molar-refractivity contribution >= 4 is 0 Å². The molecule has 0 radical (unpaired) electrons. The molecule has 1 nitrogen and oxygen atoms in total. The van der Waals surface area contributed by atoms with Crippen LogP contribution in [0.1, 0.15) is 71.6 Å². The molecule has 3 unspecified atom stereocenters. The number of rotatable bonds is 3. The maximum atomic E-state index is 2.83. The summed E-state index contributed by atoms with van der Waals surface area (Å²) in [7, 11) is 0. The molecule has 20 heavy (non-hydrogen) atoms. The van der Waals surface area contributed by atoms with E-state index >= 15 is 0 Å². The summed E-state index contributed by atoms with van der Waals surface area (Å²) < 4.78 is 0. The lowest BCUT2D eigenvalue weighted by Gasteiger charge is -2.21. The van der Waals surface area contributed by atoms with Crippen molar-refractivity contribution in [2.75, 3.05) is 19.6 Å². The zero-order valence-corrected chi connectivity index (χ0v) is 13.8. The first-order valence-electron chi connectivity index (χ1n) is 9.48. The molecule has 2 saturated carbocycles. The first kappa shape index (κ1) is 14.9. The quantitative estimate of drug-likeness (QED) is 0.704. The van der Waals surface area contributed by atoms with Gasteiger partial charge in [-0.2, -0.15) is 0 Å². The lowest BCUT2D eigenvalue weighted by atomic mass is 9.89. The number of nitrogens with zero attached hydrogens (tertiary/aromatic N) is 1. The molecule has 0 aromatic heterocycles. The van der Waals surface area contributed by atoms with Crippen LogP contribution in [-0.4, -0.2) is 24.5 Å². The van der Waals surface area contributed by atoms with Crippen molar-refractivity contribution < 1.29 is 0 Å². The van der Waals surface area contributed by atoms with Gasteiger partial charge in [-0.25, -0.2) is 0 Å². The predicted molar refractivity (Wildman–Crippen MR) is 86.8 cm³/mol. The van der Waals surface area contributed by atoms with Crippen LogP contribution in [0.15, 0.2) is 0 Å². The van der Waals surface area contributed by atoms with E-state index in [1.165, 1.54) is 64.6 Å². The summed E-state index contributed by atoms with van der Waals surface area (Å²) in [6.45, 7) is 9.06. The standard InChI is InChI=1S/C19H35N/c1-15(2)16-8-7-12-20(13-11-16)14-19-17-9-5-3-4-6-10-18(17)19/h15-19H,3-14H2,1-2H3. The second-order valence-corrected chi connectivity index (χ2v) is 8.22. The molecule has 0 aromatic carbocycles. The zero-order valence-electron chi connectivity index (χ0n) is 13.8. The Bertz CT molecular complexity index is 284. The fourth-order valence-corrected chi connectivity index (χ4v) is 5.09. The molecule has 2 aliphatic carbocycles. The predicted octanol–water partition coefficient (Wildman–Crippen LogP) is 4.96. The molecule has 0 spiro atoms. The van der Waals surface area contributed by atoms with Crippen LogP contribution in [0.5, 0.6) is 0 Å². The number of fused-ring (bicyclic) bond motifs is 1. The zero-order chi connectivity index (χ0) is 13.9. The third-order valence-electron chi connectivity index (χ3n) is 6.61. The lowest BCUT2D eigenvalue weighted by molar-refractivity contribution is 0.254. The van der Waals surface area contributed by atoms with Gasteiger partial charge >= 0.3 is 0 Å². The van der Waals surface area contributed by atoms with Gasteiger partial charge in [-0.3, -0.25) is 0 Å². The Morgan fingerprint density at radius 2 is 1.50 bits per heavy atom. The van der Waals surface area contributed by atoms with Gasteiger partial charge in [-0.1, -0.05) is 39.5 Å². The highest BCUT2D eigenvalue weighted by Gasteiger charge is 2.49. The van der Waals surface area contributed by atoms with Crippen LogP contribution in [0.3, 0.4) is 0 Å². The van der Waals surface area contributed by atoms with Gasteiger partial charge in [0, 0.05) is 6.54 Å². The van der Waals surface area contributed by atoms with E-state index in [2.05, 4.69) is 18.7 Å². The average molecular weight is 277 g/mol. The Morgan fingerprint density at radius 3 is 2.15 bits per heavy atom. The third kappa shape index (κ3) is 3.59. The molecule has 3 atom stereocenters. The molecular weight excluding hydrogens is 242 g/mol. The number of likely N-dealkylation sites (tertiary alicyclic amines) is 1. The van der Waals surface area contributed by atoms with E-state index in [4.69, 9.17) is 0 Å². The SMILES string of the molecule is CC(C)C1CCCN(CC2C3CCCCCCC32)CC1. The van der Waals surface area contributed by atoms with E-state index in [-0.39, 0.29) is 0 Å². The molecule has 3 aliphatic rings. The lowest BCUT2D eigenvalue weighted by Crippen LogP contribution is -2.28. The van der Waals surface area contributed by atoms with Crippen LogP contribution < -0.4 is 0 Å².